The van der Waals surface area contributed by atoms with Gasteiger partial charge in [0.25, 0.3) is 0 Å². The number of aromatic nitrogens is 1. The largest absolute Gasteiger partial charge is 0.487 e. The molecule has 2 atom stereocenters. The van der Waals surface area contributed by atoms with E-state index in [2.05, 4.69) is 10.3 Å². The van der Waals surface area contributed by atoms with Gasteiger partial charge in [-0.15, -0.1) is 0 Å². The van der Waals surface area contributed by atoms with Crippen molar-refractivity contribution >= 4 is 5.91 Å². The summed E-state index contributed by atoms with van der Waals surface area (Å²) in [7, 11) is 1.55. The SMILES string of the molecule is COC(CN)CC(=O)NC(C)c1cccc(OCc2ccccn2)c1. The Kier molecular flexibility index (Phi) is 7.37. The van der Waals surface area contributed by atoms with Crippen LogP contribution in [0.15, 0.2) is 48.7 Å². The van der Waals surface area contributed by atoms with E-state index in [9.17, 15) is 4.79 Å². The second-order valence-electron chi connectivity index (χ2n) is 5.77. The smallest absolute Gasteiger partial charge is 0.223 e. The van der Waals surface area contributed by atoms with Gasteiger partial charge in [0.1, 0.15) is 12.4 Å². The molecule has 6 heteroatoms. The molecule has 2 rings (SSSR count). The minimum absolute atomic E-state index is 0.0930. The summed E-state index contributed by atoms with van der Waals surface area (Å²) in [4.78, 5) is 16.3. The van der Waals surface area contributed by atoms with Crippen LogP contribution in [-0.2, 0) is 16.1 Å². The molecule has 0 spiro atoms. The summed E-state index contributed by atoms with van der Waals surface area (Å²) in [6.07, 6.45) is 1.72. The van der Waals surface area contributed by atoms with Gasteiger partial charge in [-0.25, -0.2) is 0 Å². The van der Waals surface area contributed by atoms with Crippen LogP contribution in [0.2, 0.25) is 0 Å². The fraction of sp³-hybridized carbons (Fsp3) is 0.368. The van der Waals surface area contributed by atoms with Crippen molar-refractivity contribution in [1.82, 2.24) is 10.3 Å². The number of carbonyl (C=O) groups excluding carboxylic acids is 1. The lowest BCUT2D eigenvalue weighted by atomic mass is 10.1. The molecule has 0 radical (unpaired) electrons. The molecule has 0 bridgehead atoms. The van der Waals surface area contributed by atoms with Gasteiger partial charge in [-0.2, -0.15) is 0 Å². The number of pyridine rings is 1. The zero-order valence-corrected chi connectivity index (χ0v) is 14.6. The van der Waals surface area contributed by atoms with E-state index < -0.39 is 0 Å². The number of carbonyl (C=O) groups is 1. The summed E-state index contributed by atoms with van der Waals surface area (Å²) >= 11 is 0. The monoisotopic (exact) mass is 343 g/mol. The number of hydrogen-bond donors (Lipinski definition) is 2. The van der Waals surface area contributed by atoms with Crippen molar-refractivity contribution in [2.75, 3.05) is 13.7 Å². The first-order chi connectivity index (χ1) is 12.1. The third-order valence-corrected chi connectivity index (χ3v) is 3.86. The van der Waals surface area contributed by atoms with Gasteiger partial charge in [-0.05, 0) is 36.8 Å². The Morgan fingerprint density at radius 3 is 2.80 bits per heavy atom. The van der Waals surface area contributed by atoms with E-state index in [1.54, 1.807) is 13.3 Å². The third kappa shape index (κ3) is 6.17. The number of hydrogen-bond acceptors (Lipinski definition) is 5. The topological polar surface area (TPSA) is 86.5 Å². The number of methoxy groups -OCH3 is 1. The molecular formula is C19H25N3O3. The highest BCUT2D eigenvalue weighted by atomic mass is 16.5. The molecule has 1 amide bonds. The van der Waals surface area contributed by atoms with Crippen molar-refractivity contribution in [2.45, 2.75) is 32.1 Å². The summed E-state index contributed by atoms with van der Waals surface area (Å²) in [5.41, 5.74) is 7.38. The van der Waals surface area contributed by atoms with E-state index in [0.717, 1.165) is 17.0 Å². The van der Waals surface area contributed by atoms with Crippen LogP contribution in [0.5, 0.6) is 5.75 Å². The molecule has 2 aromatic rings. The van der Waals surface area contributed by atoms with Crippen LogP contribution in [0.3, 0.4) is 0 Å². The normalized spacial score (nSPS) is 13.1. The van der Waals surface area contributed by atoms with Crippen molar-refractivity contribution in [3.63, 3.8) is 0 Å². The standard InChI is InChI=1S/C19H25N3O3/c1-14(22-19(23)11-18(12-20)24-2)15-6-5-8-17(10-15)25-13-16-7-3-4-9-21-16/h3-10,14,18H,11-13,20H2,1-2H3,(H,22,23). The fourth-order valence-corrected chi connectivity index (χ4v) is 2.37. The first kappa shape index (κ1) is 18.9. The molecule has 0 aliphatic rings. The minimum atomic E-state index is -0.264. The van der Waals surface area contributed by atoms with Crippen LogP contribution in [0.4, 0.5) is 0 Å². The molecule has 0 saturated carbocycles. The van der Waals surface area contributed by atoms with Crippen molar-refractivity contribution in [2.24, 2.45) is 5.73 Å². The third-order valence-electron chi connectivity index (χ3n) is 3.86. The van der Waals surface area contributed by atoms with Gasteiger partial charge >= 0.3 is 0 Å². The van der Waals surface area contributed by atoms with Crippen LogP contribution in [-0.4, -0.2) is 30.6 Å². The number of nitrogens with zero attached hydrogens (tertiary/aromatic N) is 1. The summed E-state index contributed by atoms with van der Waals surface area (Å²) in [5.74, 6) is 0.644. The highest BCUT2D eigenvalue weighted by Crippen LogP contribution is 2.20. The first-order valence-electron chi connectivity index (χ1n) is 8.27. The summed E-state index contributed by atoms with van der Waals surface area (Å²) in [6.45, 7) is 2.65. The fourth-order valence-electron chi connectivity index (χ4n) is 2.37. The van der Waals surface area contributed by atoms with Gasteiger partial charge < -0.3 is 20.5 Å². The Balaban J connectivity index is 1.92. The molecule has 1 aromatic carbocycles. The van der Waals surface area contributed by atoms with E-state index in [1.165, 1.54) is 0 Å². The number of benzene rings is 1. The van der Waals surface area contributed by atoms with Crippen LogP contribution >= 0.6 is 0 Å². The summed E-state index contributed by atoms with van der Waals surface area (Å²) in [6, 6.07) is 13.2. The Morgan fingerprint density at radius 2 is 2.12 bits per heavy atom. The van der Waals surface area contributed by atoms with Crippen LogP contribution in [0.25, 0.3) is 0 Å². The molecule has 0 aliphatic carbocycles. The van der Waals surface area contributed by atoms with E-state index in [4.69, 9.17) is 15.2 Å². The van der Waals surface area contributed by atoms with Crippen LogP contribution < -0.4 is 15.8 Å². The molecule has 0 saturated heterocycles. The number of ether oxygens (including phenoxy) is 2. The number of amides is 1. The quantitative estimate of drug-likeness (QED) is 0.729. The molecule has 1 aromatic heterocycles. The molecule has 2 unspecified atom stereocenters. The van der Waals surface area contributed by atoms with E-state index in [-0.39, 0.29) is 24.5 Å². The molecule has 3 N–H and O–H groups in total. The van der Waals surface area contributed by atoms with Gasteiger partial charge in [0.15, 0.2) is 0 Å². The lowest BCUT2D eigenvalue weighted by Crippen LogP contribution is -2.33. The lowest BCUT2D eigenvalue weighted by molar-refractivity contribution is -0.124. The average molecular weight is 343 g/mol. The Labute approximate surface area is 148 Å². The number of nitrogens with one attached hydrogen (secondary N) is 1. The minimum Gasteiger partial charge on any atom is -0.487 e. The molecular weight excluding hydrogens is 318 g/mol. The summed E-state index contributed by atoms with van der Waals surface area (Å²) < 4.78 is 10.9. The highest BCUT2D eigenvalue weighted by molar-refractivity contribution is 5.77. The van der Waals surface area contributed by atoms with E-state index in [0.29, 0.717) is 13.2 Å². The van der Waals surface area contributed by atoms with E-state index >= 15 is 0 Å². The zero-order valence-electron chi connectivity index (χ0n) is 14.6. The Morgan fingerprint density at radius 1 is 1.28 bits per heavy atom. The molecule has 0 aliphatic heterocycles. The molecule has 1 heterocycles. The molecule has 25 heavy (non-hydrogen) atoms. The molecule has 0 fully saturated rings. The van der Waals surface area contributed by atoms with Gasteiger partial charge in [0.2, 0.25) is 5.91 Å². The average Bonchev–Trinajstić information content (AvgIpc) is 2.65. The predicted octanol–water partition coefficient (Wildman–Crippen LogP) is 2.20. The van der Waals surface area contributed by atoms with Crippen molar-refractivity contribution in [3.05, 3.63) is 59.9 Å². The van der Waals surface area contributed by atoms with Crippen LogP contribution in [0.1, 0.15) is 30.6 Å². The maximum Gasteiger partial charge on any atom is 0.223 e. The summed E-state index contributed by atoms with van der Waals surface area (Å²) in [5, 5.41) is 2.95. The van der Waals surface area contributed by atoms with Gasteiger partial charge in [0, 0.05) is 19.9 Å². The molecule has 6 nitrogen and oxygen atoms in total. The maximum atomic E-state index is 12.1. The maximum absolute atomic E-state index is 12.1. The second kappa shape index (κ2) is 9.76. The predicted molar refractivity (Wildman–Crippen MR) is 96.0 cm³/mol. The van der Waals surface area contributed by atoms with Crippen LogP contribution in [0, 0.1) is 0 Å². The van der Waals surface area contributed by atoms with E-state index in [1.807, 2.05) is 49.4 Å². The van der Waals surface area contributed by atoms with Crippen molar-refractivity contribution < 1.29 is 14.3 Å². The van der Waals surface area contributed by atoms with Gasteiger partial charge in [-0.1, -0.05) is 18.2 Å². The molecule has 134 valence electrons. The van der Waals surface area contributed by atoms with Gasteiger partial charge in [-0.3, -0.25) is 9.78 Å². The Hall–Kier alpha value is -2.44. The highest BCUT2D eigenvalue weighted by Gasteiger charge is 2.15. The second-order valence-corrected chi connectivity index (χ2v) is 5.77. The number of rotatable bonds is 9. The lowest BCUT2D eigenvalue weighted by Gasteiger charge is -2.18. The Bertz CT molecular complexity index is 660. The van der Waals surface area contributed by atoms with Crippen molar-refractivity contribution in [1.29, 1.82) is 0 Å². The first-order valence-corrected chi connectivity index (χ1v) is 8.27. The van der Waals surface area contributed by atoms with Crippen molar-refractivity contribution in [3.8, 4) is 5.75 Å². The zero-order chi connectivity index (χ0) is 18.1. The van der Waals surface area contributed by atoms with Gasteiger partial charge in [0.05, 0.1) is 24.3 Å². The number of nitrogens with two attached hydrogens (primary N) is 1.